The van der Waals surface area contributed by atoms with Crippen LogP contribution < -0.4 is 0 Å². The zero-order chi connectivity index (χ0) is 6.83. The van der Waals surface area contributed by atoms with E-state index in [1.807, 2.05) is 6.92 Å². The fourth-order valence-electron chi connectivity index (χ4n) is 0.158. The molecule has 0 saturated heterocycles. The summed E-state index contributed by atoms with van der Waals surface area (Å²) in [5.74, 6) is 0. The molecule has 0 saturated carbocycles. The summed E-state index contributed by atoms with van der Waals surface area (Å²) < 4.78 is 0. The first-order valence-corrected chi connectivity index (χ1v) is 3.23. The van der Waals surface area contributed by atoms with E-state index < -0.39 is 0 Å². The van der Waals surface area contributed by atoms with Gasteiger partial charge in [0.15, 0.2) is 0 Å². The average molecular weight is 142 g/mol. The Kier molecular flexibility index (Phi) is 42.4. The van der Waals surface area contributed by atoms with E-state index >= 15 is 0 Å². The van der Waals surface area contributed by atoms with Crippen molar-refractivity contribution in [3.8, 4) is 0 Å². The summed E-state index contributed by atoms with van der Waals surface area (Å²) in [6.07, 6.45) is 3.04. The van der Waals surface area contributed by atoms with Gasteiger partial charge in [0.25, 0.3) is 0 Å². The van der Waals surface area contributed by atoms with Gasteiger partial charge in [-0.15, -0.1) is 0 Å². The zero-order valence-electron chi connectivity index (χ0n) is 6.69. The van der Waals surface area contributed by atoms with Crippen molar-refractivity contribution < 1.29 is 5.11 Å². The molecule has 0 fully saturated rings. The first-order chi connectivity index (χ1) is 3.83. The standard InChI is InChI=1S/C4H10O.C3H7.Mg/c1-2-3-4-5;1-3-2;/h5H,2-4H2,1H3;1,3H2,2H3;/q;-1;+2. The molecule has 1 nitrogen and oxygen atoms in total. The summed E-state index contributed by atoms with van der Waals surface area (Å²) in [5, 5.41) is 8.07. The Hall–Kier alpha value is 0.726. The largest absolute Gasteiger partial charge is 2.00 e. The van der Waals surface area contributed by atoms with E-state index in [0.717, 1.165) is 19.3 Å². The minimum absolute atomic E-state index is 0. The molecular weight excluding hydrogens is 124 g/mol. The van der Waals surface area contributed by atoms with Gasteiger partial charge in [0.2, 0.25) is 0 Å². The SMILES string of the molecule is CCCCO.[CH2-]CC.[Mg+2]. The van der Waals surface area contributed by atoms with Crippen molar-refractivity contribution in [2.24, 2.45) is 0 Å². The van der Waals surface area contributed by atoms with Crippen LogP contribution in [-0.2, 0) is 0 Å². The van der Waals surface area contributed by atoms with Crippen LogP contribution in [0.3, 0.4) is 0 Å². The Labute approximate surface area is 75.0 Å². The van der Waals surface area contributed by atoms with Gasteiger partial charge in [0.1, 0.15) is 0 Å². The predicted molar refractivity (Wildman–Crippen MR) is 43.4 cm³/mol. The Morgan fingerprint density at radius 3 is 1.67 bits per heavy atom. The minimum Gasteiger partial charge on any atom is -0.396 e. The Bertz CT molecular complexity index is 22.9. The van der Waals surface area contributed by atoms with Gasteiger partial charge in [-0.3, -0.25) is 0 Å². The summed E-state index contributed by atoms with van der Waals surface area (Å²) in [7, 11) is 0. The van der Waals surface area contributed by atoms with Crippen LogP contribution in [-0.4, -0.2) is 34.8 Å². The van der Waals surface area contributed by atoms with Crippen LogP contribution >= 0.6 is 0 Å². The van der Waals surface area contributed by atoms with Crippen molar-refractivity contribution >= 4 is 23.1 Å². The molecule has 52 valence electrons. The fraction of sp³-hybridized carbons (Fsp3) is 0.857. The zero-order valence-corrected chi connectivity index (χ0v) is 8.10. The molecule has 0 aliphatic heterocycles. The van der Waals surface area contributed by atoms with Crippen molar-refractivity contribution in [3.05, 3.63) is 6.92 Å². The third-order valence-electron chi connectivity index (χ3n) is 0.512. The van der Waals surface area contributed by atoms with Crippen molar-refractivity contribution in [2.45, 2.75) is 33.1 Å². The molecule has 9 heavy (non-hydrogen) atoms. The van der Waals surface area contributed by atoms with Crippen LogP contribution in [0.2, 0.25) is 0 Å². The Morgan fingerprint density at radius 2 is 1.67 bits per heavy atom. The molecule has 0 heterocycles. The Morgan fingerprint density at radius 1 is 1.33 bits per heavy atom. The molecule has 0 unspecified atom stereocenters. The quantitative estimate of drug-likeness (QED) is 0.458. The third-order valence-corrected chi connectivity index (χ3v) is 0.512. The number of aliphatic hydroxyl groups excluding tert-OH is 1. The maximum Gasteiger partial charge on any atom is 2.00 e. The van der Waals surface area contributed by atoms with Crippen molar-refractivity contribution in [2.75, 3.05) is 6.61 Å². The molecule has 1 N–H and O–H groups in total. The van der Waals surface area contributed by atoms with E-state index in [0.29, 0.717) is 6.61 Å². The van der Waals surface area contributed by atoms with E-state index in [-0.39, 0.29) is 23.1 Å². The van der Waals surface area contributed by atoms with Gasteiger partial charge in [0.05, 0.1) is 0 Å². The molecule has 0 aromatic heterocycles. The van der Waals surface area contributed by atoms with E-state index in [9.17, 15) is 0 Å². The second kappa shape index (κ2) is 23.3. The average Bonchev–Trinajstić information content (AvgIpc) is 1.71. The predicted octanol–water partition coefficient (Wildman–Crippen LogP) is 1.63. The molecule has 0 spiro atoms. The first kappa shape index (κ1) is 16.4. The maximum absolute atomic E-state index is 8.07. The maximum atomic E-state index is 8.07. The van der Waals surface area contributed by atoms with E-state index in [2.05, 4.69) is 13.8 Å². The molecule has 0 atom stereocenters. The van der Waals surface area contributed by atoms with Crippen molar-refractivity contribution in [1.29, 1.82) is 0 Å². The molecular formula is C7H17MgO+. The van der Waals surface area contributed by atoms with Gasteiger partial charge in [-0.1, -0.05) is 20.3 Å². The van der Waals surface area contributed by atoms with Gasteiger partial charge < -0.3 is 12.0 Å². The molecule has 0 aliphatic rings. The van der Waals surface area contributed by atoms with E-state index in [1.54, 1.807) is 0 Å². The molecule has 0 radical (unpaired) electrons. The minimum atomic E-state index is 0. The number of rotatable bonds is 2. The molecule has 0 amide bonds. The number of hydrogen-bond acceptors (Lipinski definition) is 1. The summed E-state index contributed by atoms with van der Waals surface area (Å²) in [4.78, 5) is 0. The van der Waals surface area contributed by atoms with Gasteiger partial charge in [-0.2, -0.15) is 6.42 Å². The van der Waals surface area contributed by atoms with Crippen LogP contribution in [0.25, 0.3) is 0 Å². The summed E-state index contributed by atoms with van der Waals surface area (Å²) in [6, 6.07) is 0. The van der Waals surface area contributed by atoms with Crippen LogP contribution in [0.1, 0.15) is 33.1 Å². The number of aliphatic hydroxyl groups is 1. The fourth-order valence-corrected chi connectivity index (χ4v) is 0.158. The molecule has 0 aromatic carbocycles. The van der Waals surface area contributed by atoms with Crippen LogP contribution in [0.4, 0.5) is 0 Å². The molecule has 0 bridgehead atoms. The van der Waals surface area contributed by atoms with Crippen molar-refractivity contribution in [1.82, 2.24) is 0 Å². The van der Waals surface area contributed by atoms with E-state index in [1.165, 1.54) is 0 Å². The van der Waals surface area contributed by atoms with Gasteiger partial charge in [-0.25, -0.2) is 0 Å². The number of hydrogen-bond donors (Lipinski definition) is 1. The van der Waals surface area contributed by atoms with Crippen LogP contribution in [0.15, 0.2) is 0 Å². The molecule has 2 heteroatoms. The van der Waals surface area contributed by atoms with E-state index in [4.69, 9.17) is 5.11 Å². The second-order valence-corrected chi connectivity index (χ2v) is 1.58. The second-order valence-electron chi connectivity index (χ2n) is 1.58. The van der Waals surface area contributed by atoms with Gasteiger partial charge in [-0.05, 0) is 6.42 Å². The smallest absolute Gasteiger partial charge is 0.396 e. The van der Waals surface area contributed by atoms with Crippen LogP contribution in [0, 0.1) is 6.92 Å². The Balaban J connectivity index is -0.0000000800. The number of unbranched alkanes of at least 4 members (excludes halogenated alkanes) is 1. The monoisotopic (exact) mass is 141 g/mol. The molecule has 0 rings (SSSR count). The topological polar surface area (TPSA) is 20.2 Å². The third kappa shape index (κ3) is 53.1. The normalized spacial score (nSPS) is 6.67. The van der Waals surface area contributed by atoms with Gasteiger partial charge in [0, 0.05) is 6.61 Å². The molecule has 0 aliphatic carbocycles. The molecule has 0 aromatic rings. The first-order valence-electron chi connectivity index (χ1n) is 3.23. The van der Waals surface area contributed by atoms with Gasteiger partial charge >= 0.3 is 23.1 Å². The summed E-state index contributed by atoms with van der Waals surface area (Å²) >= 11 is 0. The summed E-state index contributed by atoms with van der Waals surface area (Å²) in [5.41, 5.74) is 0. The van der Waals surface area contributed by atoms with Crippen molar-refractivity contribution in [3.63, 3.8) is 0 Å². The van der Waals surface area contributed by atoms with Crippen LogP contribution in [0.5, 0.6) is 0 Å². The summed E-state index contributed by atoms with van der Waals surface area (Å²) in [6.45, 7) is 7.90.